The van der Waals surface area contributed by atoms with Gasteiger partial charge >= 0.3 is 0 Å². The summed E-state index contributed by atoms with van der Waals surface area (Å²) < 4.78 is 10.5. The number of rotatable bonds is 5. The summed E-state index contributed by atoms with van der Waals surface area (Å²) in [5.74, 6) is 2.50. The van der Waals surface area contributed by atoms with Crippen molar-refractivity contribution in [2.75, 3.05) is 25.3 Å². The zero-order valence-electron chi connectivity index (χ0n) is 17.4. The number of ether oxygens (including phenoxy) is 2. The predicted octanol–water partition coefficient (Wildman–Crippen LogP) is 5.18. The largest absolute Gasteiger partial charge is 0.496 e. The lowest BCUT2D eigenvalue weighted by molar-refractivity contribution is -0.114. The molecule has 0 fully saturated rings. The first kappa shape index (κ1) is 22.4. The molecular weight excluding hydrogens is 340 g/mol. The highest BCUT2D eigenvalue weighted by molar-refractivity contribution is 5.88. The molecule has 0 saturated carbocycles. The summed E-state index contributed by atoms with van der Waals surface area (Å²) in [6.45, 7) is 9.97. The Bertz CT molecular complexity index is 755. The summed E-state index contributed by atoms with van der Waals surface area (Å²) in [7, 11) is 3.30. The van der Waals surface area contributed by atoms with Crippen LogP contribution in [0.25, 0.3) is 0 Å². The lowest BCUT2D eigenvalue weighted by Crippen LogP contribution is -2.06. The highest BCUT2D eigenvalue weighted by Crippen LogP contribution is 2.29. The van der Waals surface area contributed by atoms with Crippen LogP contribution in [0.4, 0.5) is 11.4 Å². The van der Waals surface area contributed by atoms with E-state index in [2.05, 4.69) is 33.0 Å². The second-order valence-electron chi connectivity index (χ2n) is 6.95. The Hall–Kier alpha value is -2.69. The maximum absolute atomic E-state index is 10.9. The Kier molecular flexibility index (Phi) is 8.66. The number of carbonyl (C=O) groups is 1. The molecule has 5 nitrogen and oxygen atoms in total. The van der Waals surface area contributed by atoms with E-state index in [9.17, 15) is 4.79 Å². The van der Waals surface area contributed by atoms with Crippen LogP contribution >= 0.6 is 0 Å². The average molecular weight is 373 g/mol. The van der Waals surface area contributed by atoms with E-state index in [1.54, 1.807) is 14.2 Å². The molecule has 0 spiro atoms. The van der Waals surface area contributed by atoms with Gasteiger partial charge in [-0.15, -0.1) is 0 Å². The molecule has 148 valence electrons. The van der Waals surface area contributed by atoms with Crippen molar-refractivity contribution in [1.29, 1.82) is 0 Å². The van der Waals surface area contributed by atoms with Crippen molar-refractivity contribution < 1.29 is 14.3 Å². The fraction of sp³-hybridized carbons (Fsp3) is 0.409. The first-order valence-electron chi connectivity index (χ1n) is 9.08. The smallest absolute Gasteiger partial charge is 0.221 e. The molecule has 0 aliphatic heterocycles. The number of anilines is 2. The maximum Gasteiger partial charge on any atom is 0.221 e. The van der Waals surface area contributed by atoms with Crippen LogP contribution in [-0.2, 0) is 4.79 Å². The lowest BCUT2D eigenvalue weighted by atomic mass is 10.0. The van der Waals surface area contributed by atoms with E-state index in [1.807, 2.05) is 36.4 Å². The summed E-state index contributed by atoms with van der Waals surface area (Å²) >= 11 is 0. The molecule has 0 aromatic heterocycles. The van der Waals surface area contributed by atoms with E-state index in [0.29, 0.717) is 11.8 Å². The van der Waals surface area contributed by atoms with Gasteiger partial charge in [-0.25, -0.2) is 0 Å². The fourth-order valence-corrected chi connectivity index (χ4v) is 2.67. The molecule has 3 N–H and O–H groups in total. The summed E-state index contributed by atoms with van der Waals surface area (Å²) in [6, 6.07) is 11.5. The number of hydrogen-bond donors (Lipinski definition) is 2. The Labute approximate surface area is 162 Å². The van der Waals surface area contributed by atoms with Crippen molar-refractivity contribution in [3.63, 3.8) is 0 Å². The molecule has 0 unspecified atom stereocenters. The van der Waals surface area contributed by atoms with Gasteiger partial charge in [0.2, 0.25) is 5.91 Å². The van der Waals surface area contributed by atoms with Crippen LogP contribution in [0.5, 0.6) is 11.5 Å². The minimum absolute atomic E-state index is 0.0747. The number of methoxy groups -OCH3 is 2. The van der Waals surface area contributed by atoms with Gasteiger partial charge in [0.05, 0.1) is 14.2 Å². The van der Waals surface area contributed by atoms with Crippen LogP contribution in [-0.4, -0.2) is 20.1 Å². The zero-order valence-corrected chi connectivity index (χ0v) is 17.4. The van der Waals surface area contributed by atoms with Gasteiger partial charge in [0.1, 0.15) is 11.5 Å². The van der Waals surface area contributed by atoms with Crippen molar-refractivity contribution in [2.24, 2.45) is 0 Å². The standard InChI is InChI=1S/C12H17NO2.C10H15NO/c1-8(2)11-6-5-10(13-9(3)14)7-12(11)15-4;1-7(2)9-5-4-8(11)6-10(9)12-3/h5-8H,1-4H3,(H,13,14);4-7H,11H2,1-3H3. The molecular formula is C22H32N2O3. The highest BCUT2D eigenvalue weighted by atomic mass is 16.5. The van der Waals surface area contributed by atoms with Gasteiger partial charge in [-0.2, -0.15) is 0 Å². The average Bonchev–Trinajstić information content (AvgIpc) is 2.60. The molecule has 0 aliphatic rings. The van der Waals surface area contributed by atoms with Crippen molar-refractivity contribution >= 4 is 17.3 Å². The van der Waals surface area contributed by atoms with Crippen LogP contribution in [0.15, 0.2) is 36.4 Å². The molecule has 0 heterocycles. The van der Waals surface area contributed by atoms with Gasteiger partial charge in [-0.1, -0.05) is 39.8 Å². The first-order chi connectivity index (χ1) is 12.7. The van der Waals surface area contributed by atoms with Gasteiger partial charge < -0.3 is 20.5 Å². The number of benzene rings is 2. The Morgan fingerprint density at radius 2 is 1.37 bits per heavy atom. The van der Waals surface area contributed by atoms with E-state index >= 15 is 0 Å². The lowest BCUT2D eigenvalue weighted by Gasteiger charge is -2.13. The van der Waals surface area contributed by atoms with Gasteiger partial charge in [0, 0.05) is 30.4 Å². The molecule has 0 aliphatic carbocycles. The summed E-state index contributed by atoms with van der Waals surface area (Å²) in [5.41, 5.74) is 9.48. The van der Waals surface area contributed by atoms with E-state index < -0.39 is 0 Å². The molecule has 2 rings (SSSR count). The zero-order chi connectivity index (χ0) is 20.6. The van der Waals surface area contributed by atoms with Crippen LogP contribution in [0, 0.1) is 0 Å². The summed E-state index contributed by atoms with van der Waals surface area (Å²) in [5, 5.41) is 2.73. The number of carbonyl (C=O) groups excluding carboxylic acids is 1. The van der Waals surface area contributed by atoms with Gasteiger partial charge in [0.25, 0.3) is 0 Å². The van der Waals surface area contributed by atoms with Crippen LogP contribution in [0.3, 0.4) is 0 Å². The number of nitrogens with one attached hydrogen (secondary N) is 1. The second kappa shape index (κ2) is 10.5. The molecule has 0 atom stereocenters. The molecule has 2 aromatic carbocycles. The normalized spacial score (nSPS) is 10.3. The van der Waals surface area contributed by atoms with Crippen LogP contribution < -0.4 is 20.5 Å². The Morgan fingerprint density at radius 3 is 1.81 bits per heavy atom. The Morgan fingerprint density at radius 1 is 0.889 bits per heavy atom. The third kappa shape index (κ3) is 6.85. The van der Waals surface area contributed by atoms with Crippen molar-refractivity contribution in [3.05, 3.63) is 47.5 Å². The second-order valence-corrected chi connectivity index (χ2v) is 6.95. The third-order valence-corrected chi connectivity index (χ3v) is 4.06. The van der Waals surface area contributed by atoms with Crippen LogP contribution in [0.2, 0.25) is 0 Å². The van der Waals surface area contributed by atoms with Crippen molar-refractivity contribution in [2.45, 2.75) is 46.5 Å². The van der Waals surface area contributed by atoms with E-state index in [0.717, 1.165) is 28.4 Å². The monoisotopic (exact) mass is 372 g/mol. The maximum atomic E-state index is 10.9. The minimum atomic E-state index is -0.0747. The predicted molar refractivity (Wildman–Crippen MR) is 113 cm³/mol. The molecule has 1 amide bonds. The van der Waals surface area contributed by atoms with Gasteiger partial charge in [0.15, 0.2) is 0 Å². The van der Waals surface area contributed by atoms with E-state index in [1.165, 1.54) is 12.5 Å². The van der Waals surface area contributed by atoms with E-state index in [-0.39, 0.29) is 5.91 Å². The Balaban J connectivity index is 0.000000277. The molecule has 0 bridgehead atoms. The quantitative estimate of drug-likeness (QED) is 0.710. The first-order valence-corrected chi connectivity index (χ1v) is 9.08. The third-order valence-electron chi connectivity index (χ3n) is 4.06. The topological polar surface area (TPSA) is 73.6 Å². The number of nitrogens with two attached hydrogens (primary N) is 1. The number of amides is 1. The number of hydrogen-bond acceptors (Lipinski definition) is 4. The molecule has 2 aromatic rings. The molecule has 27 heavy (non-hydrogen) atoms. The minimum Gasteiger partial charge on any atom is -0.496 e. The van der Waals surface area contributed by atoms with Gasteiger partial charge in [-0.05, 0) is 35.1 Å². The fourth-order valence-electron chi connectivity index (χ4n) is 2.67. The SMILES string of the molecule is COc1cc(N)ccc1C(C)C.COc1cc(NC(C)=O)ccc1C(C)C. The van der Waals surface area contributed by atoms with Crippen LogP contribution in [0.1, 0.15) is 57.6 Å². The van der Waals surface area contributed by atoms with Crippen molar-refractivity contribution in [3.8, 4) is 11.5 Å². The van der Waals surface area contributed by atoms with Crippen molar-refractivity contribution in [1.82, 2.24) is 0 Å². The molecule has 0 radical (unpaired) electrons. The van der Waals surface area contributed by atoms with Gasteiger partial charge in [-0.3, -0.25) is 4.79 Å². The summed E-state index contributed by atoms with van der Waals surface area (Å²) in [4.78, 5) is 10.9. The molecule has 5 heteroatoms. The summed E-state index contributed by atoms with van der Waals surface area (Å²) in [6.07, 6.45) is 0. The number of nitrogen functional groups attached to an aromatic ring is 1. The molecule has 0 saturated heterocycles. The van der Waals surface area contributed by atoms with E-state index in [4.69, 9.17) is 15.2 Å². The highest BCUT2D eigenvalue weighted by Gasteiger charge is 2.08.